The van der Waals surface area contributed by atoms with Gasteiger partial charge in [0, 0.05) is 68.0 Å². The number of β-lactam (4-membered cyclic amide) rings is 1. The molecule has 6 unspecified atom stereocenters. The van der Waals surface area contributed by atoms with E-state index < -0.39 is 74.5 Å². The van der Waals surface area contributed by atoms with Gasteiger partial charge in [-0.2, -0.15) is 0 Å². The van der Waals surface area contributed by atoms with Gasteiger partial charge in [-0.1, -0.05) is 18.2 Å². The van der Waals surface area contributed by atoms with Gasteiger partial charge in [0.15, 0.2) is 0 Å². The molecule has 3 aliphatic heterocycles. The summed E-state index contributed by atoms with van der Waals surface area (Å²) >= 11 is 1.19. The van der Waals surface area contributed by atoms with Gasteiger partial charge in [0.25, 0.3) is 11.4 Å². The van der Waals surface area contributed by atoms with Crippen LogP contribution in [-0.2, 0) is 41.8 Å². The predicted octanol–water partition coefficient (Wildman–Crippen LogP) is 5.29. The van der Waals surface area contributed by atoms with Gasteiger partial charge < -0.3 is 39.0 Å². The van der Waals surface area contributed by atoms with Gasteiger partial charge in [-0.3, -0.25) is 35.1 Å². The number of nitro groups is 3. The Balaban J connectivity index is 1.15. The largest absolute Gasteiger partial charge is 0.508 e. The van der Waals surface area contributed by atoms with Crippen molar-refractivity contribution < 1.29 is 57.7 Å². The van der Waals surface area contributed by atoms with Crippen molar-refractivity contribution in [1.29, 1.82) is 0 Å². The van der Waals surface area contributed by atoms with E-state index in [0.717, 1.165) is 0 Å². The number of benzene rings is 3. The van der Waals surface area contributed by atoms with Crippen LogP contribution in [0.15, 0.2) is 89.5 Å². The summed E-state index contributed by atoms with van der Waals surface area (Å²) in [5.41, 5.74) is 0.547. The van der Waals surface area contributed by atoms with Gasteiger partial charge in [-0.05, 0) is 60.9 Å². The molecule has 0 spiro atoms. The zero-order chi connectivity index (χ0) is 45.5. The Morgan fingerprint density at radius 1 is 0.857 bits per heavy atom. The van der Waals surface area contributed by atoms with Crippen LogP contribution in [-0.4, -0.2) is 110 Å². The monoisotopic (exact) mass is 891 g/mol. The van der Waals surface area contributed by atoms with Gasteiger partial charge >= 0.3 is 30.5 Å². The van der Waals surface area contributed by atoms with E-state index in [2.05, 4.69) is 5.32 Å². The third kappa shape index (κ3) is 10.6. The molecule has 0 saturated carbocycles. The Morgan fingerprint density at radius 2 is 1.44 bits per heavy atom. The lowest BCUT2D eigenvalue weighted by atomic mass is 9.83. The normalized spacial score (nSPS) is 19.8. The van der Waals surface area contributed by atoms with Crippen LogP contribution in [0.3, 0.4) is 0 Å². The molecule has 1 N–H and O–H groups in total. The first kappa shape index (κ1) is 45.2. The number of urea groups is 1. The van der Waals surface area contributed by atoms with Crippen LogP contribution < -0.4 is 5.32 Å². The first-order chi connectivity index (χ1) is 30.0. The second kappa shape index (κ2) is 19.6. The lowest BCUT2D eigenvalue weighted by Gasteiger charge is -2.45. The van der Waals surface area contributed by atoms with Crippen LogP contribution in [0.5, 0.6) is 0 Å². The fourth-order valence-electron chi connectivity index (χ4n) is 7.39. The van der Waals surface area contributed by atoms with Gasteiger partial charge in [-0.15, -0.1) is 11.8 Å². The van der Waals surface area contributed by atoms with Crippen molar-refractivity contribution >= 4 is 53.3 Å². The highest BCUT2D eigenvalue weighted by atomic mass is 32.2. The molecular weight excluding hydrogens is 851 g/mol. The fourth-order valence-corrected chi connectivity index (χ4v) is 8.91. The Morgan fingerprint density at radius 3 is 2.00 bits per heavy atom. The molecule has 22 nitrogen and oxygen atoms in total. The van der Waals surface area contributed by atoms with E-state index >= 15 is 0 Å². The van der Waals surface area contributed by atoms with E-state index in [9.17, 15) is 54.3 Å². The van der Waals surface area contributed by atoms with E-state index in [1.165, 1.54) is 89.1 Å². The standard InChI is InChI=1S/C40H41N7O15S/c1-23(61-40(52)60-22-25-11-15-28(16-12-25)46(55)56)33-31-18-32(34(44(31)35(33)48)37(49)62-36(47(57)58)26-7-5-4-6-8-26)63-30-17-29(43(20-30)39(51)42(2)3)19-41-38(50)59-21-24-9-13-27(14-10-24)45(53)54/h4-16,23,29-31,33,36H,17-22H2,1-3H3,(H,41,50). The summed E-state index contributed by atoms with van der Waals surface area (Å²) in [6.07, 6.45) is -4.52. The molecule has 6 atom stereocenters. The minimum Gasteiger partial charge on any atom is -0.445 e. The van der Waals surface area contributed by atoms with Crippen LogP contribution >= 0.6 is 11.8 Å². The van der Waals surface area contributed by atoms with Gasteiger partial charge in [0.2, 0.25) is 5.91 Å². The van der Waals surface area contributed by atoms with Crippen molar-refractivity contribution in [2.24, 2.45) is 5.92 Å². The minimum absolute atomic E-state index is 0.0320. The number of rotatable bonds is 16. The molecule has 3 heterocycles. The molecule has 4 amide bonds. The Hall–Kier alpha value is -7.30. The van der Waals surface area contributed by atoms with Crippen LogP contribution in [0.1, 0.15) is 42.7 Å². The van der Waals surface area contributed by atoms with E-state index in [1.54, 1.807) is 37.2 Å². The highest BCUT2D eigenvalue weighted by Crippen LogP contribution is 2.50. The summed E-state index contributed by atoms with van der Waals surface area (Å²) in [6, 6.07) is 16.7. The Labute approximate surface area is 362 Å². The summed E-state index contributed by atoms with van der Waals surface area (Å²) in [6.45, 7) is 1.14. The van der Waals surface area contributed by atoms with Crippen molar-refractivity contribution in [2.45, 2.75) is 62.6 Å². The van der Waals surface area contributed by atoms with Crippen LogP contribution in [0, 0.1) is 36.3 Å². The molecule has 3 aromatic rings. The van der Waals surface area contributed by atoms with Crippen molar-refractivity contribution in [3.8, 4) is 0 Å². The first-order valence-corrected chi connectivity index (χ1v) is 20.2. The number of fused-ring (bicyclic) bond motifs is 1. The van der Waals surface area contributed by atoms with Crippen molar-refractivity contribution in [1.82, 2.24) is 20.0 Å². The highest BCUT2D eigenvalue weighted by Gasteiger charge is 2.59. The lowest BCUT2D eigenvalue weighted by molar-refractivity contribution is -0.575. The summed E-state index contributed by atoms with van der Waals surface area (Å²) in [4.78, 5) is 103. The summed E-state index contributed by atoms with van der Waals surface area (Å²) < 4.78 is 21.4. The minimum atomic E-state index is -1.91. The molecule has 0 aliphatic carbocycles. The van der Waals surface area contributed by atoms with Crippen molar-refractivity contribution in [2.75, 3.05) is 27.2 Å². The second-order valence-electron chi connectivity index (χ2n) is 14.9. The summed E-state index contributed by atoms with van der Waals surface area (Å²) in [5, 5.41) is 36.3. The molecule has 0 aromatic heterocycles. The molecule has 63 heavy (non-hydrogen) atoms. The number of likely N-dealkylation sites (tertiary alicyclic amines) is 1. The number of hydrogen-bond acceptors (Lipinski definition) is 16. The molecule has 23 heteroatoms. The number of alkyl carbamates (subject to hydrolysis) is 1. The van der Waals surface area contributed by atoms with Crippen molar-refractivity contribution in [3.63, 3.8) is 0 Å². The topological polar surface area (TPSA) is 273 Å². The maximum atomic E-state index is 14.0. The lowest BCUT2D eigenvalue weighted by Crippen LogP contribution is -2.62. The predicted molar refractivity (Wildman–Crippen MR) is 219 cm³/mol. The third-order valence-electron chi connectivity index (χ3n) is 10.5. The molecular formula is C40H41N7O15S. The van der Waals surface area contributed by atoms with Gasteiger partial charge in [-0.25, -0.2) is 19.2 Å². The number of esters is 1. The third-order valence-corrected chi connectivity index (χ3v) is 11.8. The molecule has 3 aromatic carbocycles. The maximum absolute atomic E-state index is 14.0. The van der Waals surface area contributed by atoms with Crippen LogP contribution in [0.4, 0.5) is 25.8 Å². The van der Waals surface area contributed by atoms with E-state index in [1.807, 2.05) is 0 Å². The van der Waals surface area contributed by atoms with Crippen LogP contribution in [0.25, 0.3) is 0 Å². The SMILES string of the molecule is CC(OC(=O)OCc1ccc([N+](=O)[O-])cc1)C1C(=O)N2C(C(=O)OC(c3ccccc3)[N+](=O)[O-])=C(SC3CC(CNC(=O)OCc4ccc([N+](=O)[O-])cc4)N(C(=O)N(C)C)C3)CC12. The number of carbonyl (C=O) groups is 5. The number of carbonyl (C=O) groups excluding carboxylic acids is 5. The van der Waals surface area contributed by atoms with E-state index in [4.69, 9.17) is 18.9 Å². The molecule has 6 rings (SSSR count). The summed E-state index contributed by atoms with van der Waals surface area (Å²) in [7, 11) is 3.12. The molecule has 3 aliphatic rings. The molecule has 332 valence electrons. The number of amides is 4. The average molecular weight is 892 g/mol. The molecule has 0 radical (unpaired) electrons. The number of nitro benzene ring substituents is 2. The average Bonchev–Trinajstić information content (AvgIpc) is 3.81. The Bertz CT molecular complexity index is 2300. The number of nitrogens with one attached hydrogen (secondary N) is 1. The van der Waals surface area contributed by atoms with Gasteiger partial charge in [0.05, 0.1) is 38.3 Å². The zero-order valence-electron chi connectivity index (χ0n) is 33.9. The van der Waals surface area contributed by atoms with Crippen molar-refractivity contribution in [3.05, 3.63) is 136 Å². The van der Waals surface area contributed by atoms with Gasteiger partial charge in [0.1, 0.15) is 25.0 Å². The number of non-ortho nitro benzene ring substituents is 2. The molecule has 2 saturated heterocycles. The fraction of sp³-hybridized carbons (Fsp3) is 0.375. The second-order valence-corrected chi connectivity index (χ2v) is 16.3. The van der Waals surface area contributed by atoms with E-state index in [-0.39, 0.29) is 61.4 Å². The number of thioether (sulfide) groups is 1. The summed E-state index contributed by atoms with van der Waals surface area (Å²) in [5.74, 6) is -2.70. The van der Waals surface area contributed by atoms with E-state index in [0.29, 0.717) is 22.5 Å². The Kier molecular flexibility index (Phi) is 14.1. The maximum Gasteiger partial charge on any atom is 0.508 e. The highest BCUT2D eigenvalue weighted by molar-refractivity contribution is 8.03. The molecule has 2 fully saturated rings. The quantitative estimate of drug-likeness (QED) is 0.0478. The smallest absolute Gasteiger partial charge is 0.445 e. The van der Waals surface area contributed by atoms with Crippen LogP contribution in [0.2, 0.25) is 0 Å². The first-order valence-electron chi connectivity index (χ1n) is 19.3. The zero-order valence-corrected chi connectivity index (χ0v) is 34.7. The number of ether oxygens (including phenoxy) is 4. The number of nitrogens with zero attached hydrogens (tertiary/aromatic N) is 6. The molecule has 0 bridgehead atoms. The number of hydrogen-bond donors (Lipinski definition) is 1.